The fourth-order valence-corrected chi connectivity index (χ4v) is 2.53. The van der Waals surface area contributed by atoms with E-state index >= 15 is 0 Å². The van der Waals surface area contributed by atoms with E-state index in [1.54, 1.807) is 0 Å². The van der Waals surface area contributed by atoms with Crippen LogP contribution in [0.2, 0.25) is 0 Å². The number of pyridine rings is 1. The molecular formula is C11H13BrN4. The number of aromatic nitrogens is 3. The van der Waals surface area contributed by atoms with E-state index in [0.29, 0.717) is 6.04 Å². The monoisotopic (exact) mass is 280 g/mol. The van der Waals surface area contributed by atoms with Crippen molar-refractivity contribution in [2.45, 2.75) is 25.3 Å². The van der Waals surface area contributed by atoms with Gasteiger partial charge in [0.15, 0.2) is 5.65 Å². The van der Waals surface area contributed by atoms with Gasteiger partial charge in [-0.05, 0) is 31.5 Å². The SMILES string of the molecule is Brc1ccn2c(CC3CCCN3)nnc2c1. The molecule has 1 atom stereocenters. The van der Waals surface area contributed by atoms with Gasteiger partial charge in [0.05, 0.1) is 0 Å². The summed E-state index contributed by atoms with van der Waals surface area (Å²) in [6, 6.07) is 4.57. The second kappa shape index (κ2) is 4.14. The quantitative estimate of drug-likeness (QED) is 0.912. The summed E-state index contributed by atoms with van der Waals surface area (Å²) in [7, 11) is 0. The summed E-state index contributed by atoms with van der Waals surface area (Å²) in [5, 5.41) is 11.9. The van der Waals surface area contributed by atoms with E-state index in [0.717, 1.165) is 28.9 Å². The molecule has 0 bridgehead atoms. The summed E-state index contributed by atoms with van der Waals surface area (Å²) in [6.07, 6.45) is 5.49. The van der Waals surface area contributed by atoms with Gasteiger partial charge < -0.3 is 5.32 Å². The van der Waals surface area contributed by atoms with Crippen molar-refractivity contribution in [1.29, 1.82) is 0 Å². The van der Waals surface area contributed by atoms with E-state index in [1.165, 1.54) is 12.8 Å². The van der Waals surface area contributed by atoms with Crippen molar-refractivity contribution in [2.75, 3.05) is 6.54 Å². The first-order valence-electron chi connectivity index (χ1n) is 5.55. The van der Waals surface area contributed by atoms with Gasteiger partial charge in [-0.3, -0.25) is 4.40 Å². The van der Waals surface area contributed by atoms with Crippen molar-refractivity contribution in [2.24, 2.45) is 0 Å². The Hall–Kier alpha value is -0.940. The van der Waals surface area contributed by atoms with Gasteiger partial charge in [0.1, 0.15) is 5.82 Å². The molecule has 1 aliphatic rings. The van der Waals surface area contributed by atoms with Crippen LogP contribution in [0.4, 0.5) is 0 Å². The Kier molecular flexibility index (Phi) is 2.65. The summed E-state index contributed by atoms with van der Waals surface area (Å²) in [5.41, 5.74) is 0.905. The molecule has 2 aromatic heterocycles. The molecule has 3 heterocycles. The van der Waals surface area contributed by atoms with Crippen molar-refractivity contribution < 1.29 is 0 Å². The molecule has 0 amide bonds. The highest BCUT2D eigenvalue weighted by Gasteiger charge is 2.17. The Bertz CT molecular complexity index is 502. The van der Waals surface area contributed by atoms with Gasteiger partial charge in [-0.2, -0.15) is 0 Å². The van der Waals surface area contributed by atoms with Gasteiger partial charge in [-0.1, -0.05) is 15.9 Å². The minimum Gasteiger partial charge on any atom is -0.314 e. The molecule has 16 heavy (non-hydrogen) atoms. The third kappa shape index (κ3) is 1.85. The Labute approximate surface area is 102 Å². The van der Waals surface area contributed by atoms with Crippen LogP contribution < -0.4 is 5.32 Å². The number of hydrogen-bond acceptors (Lipinski definition) is 3. The molecule has 3 rings (SSSR count). The second-order valence-electron chi connectivity index (χ2n) is 4.19. The maximum Gasteiger partial charge on any atom is 0.161 e. The van der Waals surface area contributed by atoms with Crippen LogP contribution >= 0.6 is 15.9 Å². The predicted octanol–water partition coefficient (Wildman–Crippen LogP) is 1.79. The van der Waals surface area contributed by atoms with Crippen molar-refractivity contribution in [3.8, 4) is 0 Å². The zero-order chi connectivity index (χ0) is 11.0. The molecular weight excluding hydrogens is 268 g/mol. The van der Waals surface area contributed by atoms with Crippen LogP contribution in [0.5, 0.6) is 0 Å². The lowest BCUT2D eigenvalue weighted by atomic mass is 10.1. The van der Waals surface area contributed by atoms with Crippen molar-refractivity contribution in [3.63, 3.8) is 0 Å². The molecule has 1 saturated heterocycles. The first-order valence-corrected chi connectivity index (χ1v) is 6.35. The molecule has 0 saturated carbocycles. The van der Waals surface area contributed by atoms with Gasteiger partial charge in [-0.25, -0.2) is 0 Å². The zero-order valence-electron chi connectivity index (χ0n) is 8.86. The summed E-state index contributed by atoms with van der Waals surface area (Å²) in [5.74, 6) is 1.04. The highest BCUT2D eigenvalue weighted by Crippen LogP contribution is 2.15. The van der Waals surface area contributed by atoms with Crippen molar-refractivity contribution >= 4 is 21.6 Å². The van der Waals surface area contributed by atoms with Gasteiger partial charge in [0, 0.05) is 23.1 Å². The van der Waals surface area contributed by atoms with E-state index in [1.807, 2.05) is 18.3 Å². The van der Waals surface area contributed by atoms with Gasteiger partial charge in [-0.15, -0.1) is 10.2 Å². The molecule has 5 heteroatoms. The summed E-state index contributed by atoms with van der Waals surface area (Å²) in [4.78, 5) is 0. The topological polar surface area (TPSA) is 42.2 Å². The van der Waals surface area contributed by atoms with Gasteiger partial charge in [0.2, 0.25) is 0 Å². The second-order valence-corrected chi connectivity index (χ2v) is 5.10. The zero-order valence-corrected chi connectivity index (χ0v) is 10.4. The van der Waals surface area contributed by atoms with Crippen LogP contribution in [-0.4, -0.2) is 27.2 Å². The predicted molar refractivity (Wildman–Crippen MR) is 65.4 cm³/mol. The number of nitrogens with zero attached hydrogens (tertiary/aromatic N) is 3. The lowest BCUT2D eigenvalue weighted by Gasteiger charge is -2.07. The first kappa shape index (κ1) is 10.2. The number of fused-ring (bicyclic) bond motifs is 1. The maximum absolute atomic E-state index is 4.25. The molecule has 0 spiro atoms. The van der Waals surface area contributed by atoms with E-state index in [9.17, 15) is 0 Å². The minimum absolute atomic E-state index is 0.566. The smallest absolute Gasteiger partial charge is 0.161 e. The van der Waals surface area contributed by atoms with Crippen molar-refractivity contribution in [1.82, 2.24) is 19.9 Å². The third-order valence-corrected chi connectivity index (χ3v) is 3.53. The van der Waals surface area contributed by atoms with Crippen LogP contribution in [-0.2, 0) is 6.42 Å². The van der Waals surface area contributed by atoms with Gasteiger partial charge in [0.25, 0.3) is 0 Å². The number of nitrogens with one attached hydrogen (secondary N) is 1. The van der Waals surface area contributed by atoms with Crippen molar-refractivity contribution in [3.05, 3.63) is 28.6 Å². The Balaban J connectivity index is 1.91. The standard InChI is InChI=1S/C11H13BrN4/c12-8-3-5-16-10(6-8)14-15-11(16)7-9-2-1-4-13-9/h3,5-6,9,13H,1-2,4,7H2. The van der Waals surface area contributed by atoms with Crippen LogP contribution in [0.15, 0.2) is 22.8 Å². The molecule has 1 N–H and O–H groups in total. The molecule has 0 radical (unpaired) electrons. The van der Waals surface area contributed by atoms with Gasteiger partial charge >= 0.3 is 0 Å². The lowest BCUT2D eigenvalue weighted by molar-refractivity contribution is 0.582. The molecule has 1 aliphatic heterocycles. The Morgan fingerprint density at radius 3 is 3.25 bits per heavy atom. The number of halogens is 1. The molecule has 84 valence electrons. The maximum atomic E-state index is 4.25. The third-order valence-electron chi connectivity index (χ3n) is 3.03. The molecule has 1 unspecified atom stereocenters. The summed E-state index contributed by atoms with van der Waals surface area (Å²) in [6.45, 7) is 1.13. The van der Waals surface area contributed by atoms with E-state index in [4.69, 9.17) is 0 Å². The molecule has 1 fully saturated rings. The lowest BCUT2D eigenvalue weighted by Crippen LogP contribution is -2.24. The Morgan fingerprint density at radius 2 is 2.44 bits per heavy atom. The van der Waals surface area contributed by atoms with E-state index in [2.05, 4.69) is 35.8 Å². The normalized spacial score (nSPS) is 20.7. The van der Waals surface area contributed by atoms with Crippen LogP contribution in [0, 0.1) is 0 Å². The molecule has 2 aromatic rings. The highest BCUT2D eigenvalue weighted by atomic mass is 79.9. The average molecular weight is 281 g/mol. The molecule has 0 aliphatic carbocycles. The van der Waals surface area contributed by atoms with Crippen LogP contribution in [0.3, 0.4) is 0 Å². The molecule has 0 aromatic carbocycles. The van der Waals surface area contributed by atoms with Crippen LogP contribution in [0.1, 0.15) is 18.7 Å². The average Bonchev–Trinajstić information content (AvgIpc) is 2.89. The minimum atomic E-state index is 0.566. The largest absolute Gasteiger partial charge is 0.314 e. The highest BCUT2D eigenvalue weighted by molar-refractivity contribution is 9.10. The van der Waals surface area contributed by atoms with Crippen LogP contribution in [0.25, 0.3) is 5.65 Å². The summed E-state index contributed by atoms with van der Waals surface area (Å²) >= 11 is 3.44. The van der Waals surface area contributed by atoms with E-state index in [-0.39, 0.29) is 0 Å². The number of rotatable bonds is 2. The fourth-order valence-electron chi connectivity index (χ4n) is 2.21. The first-order chi connectivity index (χ1) is 7.83. The summed E-state index contributed by atoms with van der Waals surface area (Å²) < 4.78 is 3.10. The molecule has 4 nitrogen and oxygen atoms in total. The fraction of sp³-hybridized carbons (Fsp3) is 0.455. The Morgan fingerprint density at radius 1 is 1.50 bits per heavy atom. The number of hydrogen-bond donors (Lipinski definition) is 1. The van der Waals surface area contributed by atoms with E-state index < -0.39 is 0 Å².